The molecule has 1 amide bonds. The highest BCUT2D eigenvalue weighted by Gasteiger charge is 2.21. The zero-order valence-corrected chi connectivity index (χ0v) is 19.8. The van der Waals surface area contributed by atoms with Crippen molar-refractivity contribution in [1.29, 1.82) is 0 Å². The first-order valence-electron chi connectivity index (χ1n) is 10.5. The summed E-state index contributed by atoms with van der Waals surface area (Å²) in [6, 6.07) is 19.9. The van der Waals surface area contributed by atoms with E-state index in [9.17, 15) is 4.79 Å². The minimum Gasteiger partial charge on any atom is -0.497 e. The number of thiazole rings is 1. The van der Waals surface area contributed by atoms with Gasteiger partial charge in [0.2, 0.25) is 5.91 Å². The van der Waals surface area contributed by atoms with E-state index < -0.39 is 0 Å². The van der Waals surface area contributed by atoms with Crippen LogP contribution in [0.1, 0.15) is 24.1 Å². The molecule has 4 rings (SSSR count). The highest BCUT2D eigenvalue weighted by atomic mass is 32.2. The summed E-state index contributed by atoms with van der Waals surface area (Å²) in [7, 11) is 1.66. The summed E-state index contributed by atoms with van der Waals surface area (Å²) in [6.07, 6.45) is 3.01. The Morgan fingerprint density at radius 2 is 1.94 bits per heavy atom. The lowest BCUT2D eigenvalue weighted by Gasteiger charge is -2.19. The van der Waals surface area contributed by atoms with Gasteiger partial charge in [-0.1, -0.05) is 29.5 Å². The first kappa shape index (κ1) is 22.3. The van der Waals surface area contributed by atoms with Crippen molar-refractivity contribution in [3.63, 3.8) is 0 Å². The van der Waals surface area contributed by atoms with Gasteiger partial charge in [-0.25, -0.2) is 4.98 Å². The normalized spacial score (nSPS) is 10.9. The minimum atomic E-state index is 0.0719. The van der Waals surface area contributed by atoms with Gasteiger partial charge in [0.25, 0.3) is 0 Å². The molecule has 0 aliphatic heterocycles. The monoisotopic (exact) mass is 463 g/mol. The van der Waals surface area contributed by atoms with Crippen LogP contribution in [0.5, 0.6) is 5.75 Å². The van der Waals surface area contributed by atoms with Crippen molar-refractivity contribution < 1.29 is 9.53 Å². The molecule has 0 aliphatic carbocycles. The Morgan fingerprint density at radius 1 is 1.09 bits per heavy atom. The predicted molar refractivity (Wildman–Crippen MR) is 133 cm³/mol. The first-order chi connectivity index (χ1) is 15.6. The molecule has 0 radical (unpaired) electrons. The van der Waals surface area contributed by atoms with Gasteiger partial charge in [0, 0.05) is 17.5 Å². The lowest BCUT2D eigenvalue weighted by atomic mass is 10.2. The number of anilines is 1. The third-order valence-corrected chi connectivity index (χ3v) is 7.19. The van der Waals surface area contributed by atoms with Crippen LogP contribution < -0.4 is 9.64 Å². The Balaban J connectivity index is 1.44. The summed E-state index contributed by atoms with van der Waals surface area (Å²) in [4.78, 5) is 25.4. The molecule has 0 unspecified atom stereocenters. The smallest absolute Gasteiger partial charge is 0.229 e. The quantitative estimate of drug-likeness (QED) is 0.221. The molecule has 0 saturated carbocycles. The van der Waals surface area contributed by atoms with Crippen LogP contribution in [-0.2, 0) is 11.3 Å². The van der Waals surface area contributed by atoms with Gasteiger partial charge in [0.15, 0.2) is 5.13 Å². The lowest BCUT2D eigenvalue weighted by Crippen LogP contribution is -2.30. The number of aryl methyl sites for hydroxylation is 1. The number of aromatic nitrogens is 2. The first-order valence-corrected chi connectivity index (χ1v) is 12.3. The SMILES string of the molecule is COc1ccc(SCCCC(=O)N(Cc2ccccn2)c2nc3c(C)cccc3s2)cc1. The molecule has 0 fully saturated rings. The zero-order chi connectivity index (χ0) is 22.3. The molecular formula is C25H25N3O2S2. The van der Waals surface area contributed by atoms with Gasteiger partial charge < -0.3 is 4.74 Å². The molecule has 32 heavy (non-hydrogen) atoms. The van der Waals surface area contributed by atoms with Gasteiger partial charge in [-0.05, 0) is 67.1 Å². The molecule has 5 nitrogen and oxygen atoms in total. The second-order valence-corrected chi connectivity index (χ2v) is 9.52. The van der Waals surface area contributed by atoms with E-state index in [1.54, 1.807) is 41.3 Å². The molecule has 2 aromatic carbocycles. The molecular weight excluding hydrogens is 438 g/mol. The Morgan fingerprint density at radius 3 is 2.66 bits per heavy atom. The van der Waals surface area contributed by atoms with E-state index in [1.807, 2.05) is 61.5 Å². The number of rotatable bonds is 9. The van der Waals surface area contributed by atoms with E-state index >= 15 is 0 Å². The fourth-order valence-electron chi connectivity index (χ4n) is 3.33. The van der Waals surface area contributed by atoms with Gasteiger partial charge in [-0.3, -0.25) is 14.7 Å². The fourth-order valence-corrected chi connectivity index (χ4v) is 5.24. The largest absolute Gasteiger partial charge is 0.497 e. The Labute approximate surface area is 196 Å². The topological polar surface area (TPSA) is 55.3 Å². The van der Waals surface area contributed by atoms with E-state index in [-0.39, 0.29) is 5.91 Å². The molecule has 4 aromatic rings. The third kappa shape index (κ3) is 5.47. The molecule has 0 atom stereocenters. The highest BCUT2D eigenvalue weighted by Crippen LogP contribution is 2.32. The third-order valence-electron chi connectivity index (χ3n) is 5.05. The molecule has 0 aliphatic rings. The van der Waals surface area contributed by atoms with Crippen LogP contribution in [0.3, 0.4) is 0 Å². The van der Waals surface area contributed by atoms with Gasteiger partial charge in [-0.15, -0.1) is 11.8 Å². The lowest BCUT2D eigenvalue weighted by molar-refractivity contribution is -0.118. The van der Waals surface area contributed by atoms with Crippen molar-refractivity contribution in [2.24, 2.45) is 0 Å². The number of pyridine rings is 1. The molecule has 7 heteroatoms. The van der Waals surface area contributed by atoms with Crippen LogP contribution in [0.15, 0.2) is 71.8 Å². The van der Waals surface area contributed by atoms with Gasteiger partial charge in [0.1, 0.15) is 5.75 Å². The van der Waals surface area contributed by atoms with Crippen LogP contribution in [-0.4, -0.2) is 28.7 Å². The number of methoxy groups -OCH3 is 1. The van der Waals surface area contributed by atoms with E-state index in [4.69, 9.17) is 9.72 Å². The van der Waals surface area contributed by atoms with Crippen LogP contribution in [0.4, 0.5) is 5.13 Å². The van der Waals surface area contributed by atoms with Crippen LogP contribution in [0.25, 0.3) is 10.2 Å². The predicted octanol–water partition coefficient (Wildman–Crippen LogP) is 6.11. The van der Waals surface area contributed by atoms with Crippen molar-refractivity contribution in [2.45, 2.75) is 31.2 Å². The summed E-state index contributed by atoms with van der Waals surface area (Å²) in [5.41, 5.74) is 2.93. The number of carbonyl (C=O) groups is 1. The van der Waals surface area contributed by atoms with E-state index in [2.05, 4.69) is 11.1 Å². The van der Waals surface area contributed by atoms with Crippen LogP contribution >= 0.6 is 23.1 Å². The molecule has 0 spiro atoms. The maximum absolute atomic E-state index is 13.2. The minimum absolute atomic E-state index is 0.0719. The Hall–Kier alpha value is -2.90. The van der Waals surface area contributed by atoms with E-state index in [0.29, 0.717) is 13.0 Å². The fraction of sp³-hybridized carbons (Fsp3) is 0.240. The number of nitrogens with zero attached hydrogens (tertiary/aromatic N) is 3. The molecule has 0 N–H and O–H groups in total. The number of benzene rings is 2. The molecule has 0 bridgehead atoms. The Kier molecular flexibility index (Phi) is 7.39. The average molecular weight is 464 g/mol. The van der Waals surface area contributed by atoms with Crippen molar-refractivity contribution in [2.75, 3.05) is 17.8 Å². The van der Waals surface area contributed by atoms with Crippen LogP contribution in [0.2, 0.25) is 0 Å². The van der Waals surface area contributed by atoms with Gasteiger partial charge in [0.05, 0.1) is 29.6 Å². The summed E-state index contributed by atoms with van der Waals surface area (Å²) >= 11 is 3.30. The summed E-state index contributed by atoms with van der Waals surface area (Å²) in [6.45, 7) is 2.47. The molecule has 2 aromatic heterocycles. The average Bonchev–Trinajstić information content (AvgIpc) is 3.26. The second-order valence-electron chi connectivity index (χ2n) is 7.35. The summed E-state index contributed by atoms with van der Waals surface area (Å²) < 4.78 is 6.29. The van der Waals surface area contributed by atoms with Gasteiger partial charge >= 0.3 is 0 Å². The second kappa shape index (κ2) is 10.6. The number of hydrogen-bond donors (Lipinski definition) is 0. The molecule has 2 heterocycles. The maximum Gasteiger partial charge on any atom is 0.229 e. The molecule has 0 saturated heterocycles. The number of fused-ring (bicyclic) bond motifs is 1. The van der Waals surface area contributed by atoms with E-state index in [1.165, 1.54) is 4.90 Å². The summed E-state index contributed by atoms with van der Waals surface area (Å²) in [5.74, 6) is 1.79. The number of para-hydroxylation sites is 1. The van der Waals surface area contributed by atoms with Crippen molar-refractivity contribution in [3.8, 4) is 5.75 Å². The standard InChI is InChI=1S/C25H25N3O2S2/c1-18-7-5-9-22-24(18)27-25(32-22)28(17-19-8-3-4-15-26-19)23(29)10-6-16-31-21-13-11-20(30-2)12-14-21/h3-5,7-9,11-15H,6,10,16-17H2,1-2H3. The highest BCUT2D eigenvalue weighted by molar-refractivity contribution is 7.99. The van der Waals surface area contributed by atoms with Gasteiger partial charge in [-0.2, -0.15) is 0 Å². The maximum atomic E-state index is 13.2. The number of thioether (sulfide) groups is 1. The van der Waals surface area contributed by atoms with Crippen molar-refractivity contribution in [1.82, 2.24) is 9.97 Å². The molecule has 164 valence electrons. The zero-order valence-electron chi connectivity index (χ0n) is 18.2. The van der Waals surface area contributed by atoms with Crippen LogP contribution in [0, 0.1) is 6.92 Å². The number of amides is 1. The number of hydrogen-bond acceptors (Lipinski definition) is 6. The number of ether oxygens (including phenoxy) is 1. The summed E-state index contributed by atoms with van der Waals surface area (Å²) in [5, 5.41) is 0.729. The number of carbonyl (C=O) groups excluding carboxylic acids is 1. The van der Waals surface area contributed by atoms with E-state index in [0.717, 1.165) is 44.5 Å². The van der Waals surface area contributed by atoms with Crippen molar-refractivity contribution in [3.05, 3.63) is 78.1 Å². The van der Waals surface area contributed by atoms with Crippen molar-refractivity contribution >= 4 is 44.4 Å². The Bertz CT molecular complexity index is 1180.